The predicted octanol–water partition coefficient (Wildman–Crippen LogP) is 1.38. The first-order chi connectivity index (χ1) is 7.27. The minimum Gasteiger partial charge on any atom is -0.465 e. The molecule has 0 aliphatic rings. The molecule has 0 spiro atoms. The third-order valence-electron chi connectivity index (χ3n) is 1.55. The van der Waals surface area contributed by atoms with E-state index in [1.54, 1.807) is 6.92 Å². The Balaban J connectivity index is 2.28. The van der Waals surface area contributed by atoms with Gasteiger partial charge in [-0.25, -0.2) is 0 Å². The Morgan fingerprint density at radius 1 is 1.67 bits per heavy atom. The van der Waals surface area contributed by atoms with Crippen LogP contribution in [0.4, 0.5) is 5.00 Å². The van der Waals surface area contributed by atoms with Crippen LogP contribution < -0.4 is 5.32 Å². The number of esters is 1. The van der Waals surface area contributed by atoms with E-state index in [1.807, 2.05) is 7.05 Å². The van der Waals surface area contributed by atoms with Crippen molar-refractivity contribution in [3.8, 4) is 0 Å². The van der Waals surface area contributed by atoms with E-state index in [0.717, 1.165) is 10.7 Å². The molecule has 0 unspecified atom stereocenters. The van der Waals surface area contributed by atoms with Gasteiger partial charge in [-0.3, -0.25) is 4.79 Å². The number of aromatic nitrogens is 2. The Kier molecular flexibility index (Phi) is 5.41. The third kappa shape index (κ3) is 4.05. The maximum Gasteiger partial charge on any atom is 0.315 e. The smallest absolute Gasteiger partial charge is 0.315 e. The molecule has 0 aromatic carbocycles. The van der Waals surface area contributed by atoms with Gasteiger partial charge in [0.25, 0.3) is 0 Å². The number of anilines is 1. The number of carbonyl (C=O) groups excluding carboxylic acids is 1. The van der Waals surface area contributed by atoms with E-state index in [0.29, 0.717) is 18.1 Å². The molecule has 15 heavy (non-hydrogen) atoms. The quantitative estimate of drug-likeness (QED) is 0.766. The monoisotopic (exact) mass is 247 g/mol. The summed E-state index contributed by atoms with van der Waals surface area (Å²) in [4.78, 5) is 11.0. The second-order valence-electron chi connectivity index (χ2n) is 2.60. The van der Waals surface area contributed by atoms with Gasteiger partial charge in [0.2, 0.25) is 0 Å². The minimum atomic E-state index is -0.184. The van der Waals surface area contributed by atoms with E-state index < -0.39 is 0 Å². The third-order valence-corrected chi connectivity index (χ3v) is 3.25. The molecule has 0 radical (unpaired) electrons. The highest BCUT2D eigenvalue weighted by Gasteiger charge is 2.08. The maximum atomic E-state index is 11.0. The lowest BCUT2D eigenvalue weighted by molar-refractivity contribution is -0.139. The molecule has 0 atom stereocenters. The van der Waals surface area contributed by atoms with Crippen LogP contribution in [0.15, 0.2) is 0 Å². The molecule has 0 saturated carbocycles. The molecule has 0 aliphatic heterocycles. The molecule has 0 fully saturated rings. The molecular formula is C8H13N3O2S2. The van der Waals surface area contributed by atoms with Crippen molar-refractivity contribution in [1.29, 1.82) is 0 Å². The van der Waals surface area contributed by atoms with Crippen molar-refractivity contribution >= 4 is 34.3 Å². The highest BCUT2D eigenvalue weighted by molar-refractivity contribution is 7.99. The van der Waals surface area contributed by atoms with Crippen LogP contribution in [0.25, 0.3) is 0 Å². The number of ether oxygens (including phenoxy) is 1. The first-order valence-electron chi connectivity index (χ1n) is 4.50. The zero-order valence-electron chi connectivity index (χ0n) is 8.65. The average Bonchev–Trinajstić information content (AvgIpc) is 2.66. The second-order valence-corrected chi connectivity index (χ2v) is 4.34. The molecular weight excluding hydrogens is 234 g/mol. The average molecular weight is 247 g/mol. The van der Waals surface area contributed by atoms with Crippen molar-refractivity contribution in [2.75, 3.05) is 24.7 Å². The van der Waals surface area contributed by atoms with E-state index in [9.17, 15) is 4.79 Å². The second kappa shape index (κ2) is 6.62. The van der Waals surface area contributed by atoms with Gasteiger partial charge in [0, 0.05) is 24.3 Å². The molecule has 84 valence electrons. The van der Waals surface area contributed by atoms with Crippen molar-refractivity contribution in [1.82, 2.24) is 9.59 Å². The van der Waals surface area contributed by atoms with Crippen molar-refractivity contribution in [3.63, 3.8) is 0 Å². The molecule has 5 nitrogen and oxygen atoms in total. The lowest BCUT2D eigenvalue weighted by Gasteiger charge is -2.01. The van der Waals surface area contributed by atoms with Crippen LogP contribution in [0.5, 0.6) is 0 Å². The van der Waals surface area contributed by atoms with Gasteiger partial charge >= 0.3 is 5.97 Å². The van der Waals surface area contributed by atoms with Crippen molar-refractivity contribution in [3.05, 3.63) is 5.69 Å². The van der Waals surface area contributed by atoms with Crippen LogP contribution in [0.2, 0.25) is 0 Å². The predicted molar refractivity (Wildman–Crippen MR) is 62.3 cm³/mol. The van der Waals surface area contributed by atoms with Gasteiger partial charge in [-0.15, -0.1) is 16.9 Å². The number of rotatable bonds is 6. The molecule has 1 heterocycles. The zero-order valence-corrected chi connectivity index (χ0v) is 10.3. The normalized spacial score (nSPS) is 10.0. The summed E-state index contributed by atoms with van der Waals surface area (Å²) in [5.41, 5.74) is 0.886. The number of nitrogens with zero attached hydrogens (tertiary/aromatic N) is 2. The molecule has 0 aliphatic carbocycles. The van der Waals surface area contributed by atoms with Gasteiger partial charge < -0.3 is 10.1 Å². The van der Waals surface area contributed by atoms with E-state index in [-0.39, 0.29) is 5.97 Å². The largest absolute Gasteiger partial charge is 0.465 e. The number of hydrogen-bond donors (Lipinski definition) is 1. The highest BCUT2D eigenvalue weighted by atomic mass is 32.2. The maximum absolute atomic E-state index is 11.0. The Morgan fingerprint density at radius 3 is 3.13 bits per heavy atom. The SMILES string of the molecule is CCOC(=O)CSCc1nnsc1NC. The van der Waals surface area contributed by atoms with Crippen LogP contribution in [0.3, 0.4) is 0 Å². The Morgan fingerprint density at radius 2 is 2.47 bits per heavy atom. The van der Waals surface area contributed by atoms with Crippen LogP contribution in [0, 0.1) is 0 Å². The van der Waals surface area contributed by atoms with Gasteiger partial charge in [-0.05, 0) is 6.92 Å². The van der Waals surface area contributed by atoms with Crippen molar-refractivity contribution in [2.24, 2.45) is 0 Å². The summed E-state index contributed by atoms with van der Waals surface area (Å²) in [5, 5.41) is 7.92. The Hall–Kier alpha value is -0.820. The molecule has 1 aromatic heterocycles. The minimum absolute atomic E-state index is 0.184. The lowest BCUT2D eigenvalue weighted by atomic mass is 10.5. The van der Waals surface area contributed by atoms with Crippen LogP contribution in [0.1, 0.15) is 12.6 Å². The molecule has 7 heteroatoms. The van der Waals surface area contributed by atoms with Crippen LogP contribution >= 0.6 is 23.3 Å². The summed E-state index contributed by atoms with van der Waals surface area (Å²) in [5.74, 6) is 0.844. The fourth-order valence-electron chi connectivity index (χ4n) is 0.927. The summed E-state index contributed by atoms with van der Waals surface area (Å²) >= 11 is 2.80. The molecule has 0 amide bonds. The van der Waals surface area contributed by atoms with Gasteiger partial charge in [-0.1, -0.05) is 4.49 Å². The van der Waals surface area contributed by atoms with E-state index in [4.69, 9.17) is 4.74 Å². The summed E-state index contributed by atoms with van der Waals surface area (Å²) in [7, 11) is 1.83. The fourth-order valence-corrected chi connectivity index (χ4v) is 2.30. The summed E-state index contributed by atoms with van der Waals surface area (Å²) in [6.07, 6.45) is 0. The number of thioether (sulfide) groups is 1. The fraction of sp³-hybridized carbons (Fsp3) is 0.625. The first-order valence-corrected chi connectivity index (χ1v) is 6.43. The Labute approximate surface area is 96.8 Å². The molecule has 1 rings (SSSR count). The summed E-state index contributed by atoms with van der Waals surface area (Å²) < 4.78 is 8.64. The zero-order chi connectivity index (χ0) is 11.1. The molecule has 1 aromatic rings. The number of hydrogen-bond acceptors (Lipinski definition) is 7. The molecule has 0 saturated heterocycles. The number of carbonyl (C=O) groups is 1. The van der Waals surface area contributed by atoms with E-state index in [2.05, 4.69) is 14.9 Å². The Bertz CT molecular complexity index is 317. The van der Waals surface area contributed by atoms with Gasteiger partial charge in [0.15, 0.2) is 0 Å². The lowest BCUT2D eigenvalue weighted by Crippen LogP contribution is -2.06. The molecule has 0 bridgehead atoms. The standard InChI is InChI=1S/C8H13N3O2S2/c1-3-13-7(12)5-14-4-6-8(9-2)15-11-10-6/h9H,3-5H2,1-2H3. The van der Waals surface area contributed by atoms with E-state index >= 15 is 0 Å². The van der Waals surface area contributed by atoms with Crippen molar-refractivity contribution < 1.29 is 9.53 Å². The van der Waals surface area contributed by atoms with Crippen molar-refractivity contribution in [2.45, 2.75) is 12.7 Å². The van der Waals surface area contributed by atoms with Crippen LogP contribution in [-0.2, 0) is 15.3 Å². The van der Waals surface area contributed by atoms with Crippen LogP contribution in [-0.4, -0.2) is 35.0 Å². The van der Waals surface area contributed by atoms with Gasteiger partial charge in [0.1, 0.15) is 10.7 Å². The van der Waals surface area contributed by atoms with E-state index in [1.165, 1.54) is 23.3 Å². The van der Waals surface area contributed by atoms with Gasteiger partial charge in [0.05, 0.1) is 12.4 Å². The van der Waals surface area contributed by atoms with Gasteiger partial charge in [-0.2, -0.15) is 0 Å². The molecule has 1 N–H and O–H groups in total. The summed E-state index contributed by atoms with van der Waals surface area (Å²) in [6, 6.07) is 0. The highest BCUT2D eigenvalue weighted by Crippen LogP contribution is 2.21. The number of nitrogens with one attached hydrogen (secondary N) is 1. The summed E-state index contributed by atoms with van der Waals surface area (Å²) in [6.45, 7) is 2.23. The first kappa shape index (κ1) is 12.3. The topological polar surface area (TPSA) is 64.1 Å².